The molecule has 4 aliphatic rings. The molecule has 3 nitrogen and oxygen atoms in total. The smallest absolute Gasteiger partial charge is 0.134 e. The maximum Gasteiger partial charge on any atom is 0.134 e. The molecule has 3 aliphatic heterocycles. The number of phenols is 1. The van der Waals surface area contributed by atoms with Crippen LogP contribution in [-0.4, -0.2) is 28.6 Å². The largest absolute Gasteiger partial charge is 0.508 e. The molecule has 4 bridgehead atoms. The van der Waals surface area contributed by atoms with Crippen LogP contribution in [0.5, 0.6) is 5.75 Å². The molecule has 0 spiro atoms. The second-order valence-corrected chi connectivity index (χ2v) is 7.98. The number of aromatic hydroxyl groups is 1. The third-order valence-corrected chi connectivity index (χ3v) is 6.70. The van der Waals surface area contributed by atoms with Gasteiger partial charge in [-0.05, 0) is 56.2 Å². The molecule has 122 valence electrons. The minimum atomic E-state index is 0.342. The van der Waals surface area contributed by atoms with Gasteiger partial charge in [0.15, 0.2) is 0 Å². The number of benzene rings is 1. The van der Waals surface area contributed by atoms with E-state index in [9.17, 15) is 5.11 Å². The number of fused-ring (bicyclic) bond motifs is 4. The minimum Gasteiger partial charge on any atom is -0.508 e. The van der Waals surface area contributed by atoms with Crippen molar-refractivity contribution in [2.75, 3.05) is 6.54 Å². The van der Waals surface area contributed by atoms with Crippen LogP contribution in [0.2, 0.25) is 0 Å². The summed E-state index contributed by atoms with van der Waals surface area (Å²) in [5.74, 6) is 3.75. The number of furan rings is 1. The van der Waals surface area contributed by atoms with Crippen molar-refractivity contribution in [2.24, 2.45) is 11.8 Å². The standard InChI is InChI=1S/C20H25NO2/c1-3-13-7-12-8-17-19(13)21(10-12)11(2)6-16-15-9-14(22)4-5-18(15)23-20(16)17/h4-5,9,11-13,17,19,22H,3,6-8,10H2,1-2H3/t11-,12+,13-,17-,19?/m1/s1. The fourth-order valence-electron chi connectivity index (χ4n) is 5.78. The molecule has 1 aliphatic carbocycles. The van der Waals surface area contributed by atoms with Crippen molar-refractivity contribution in [3.63, 3.8) is 0 Å². The summed E-state index contributed by atoms with van der Waals surface area (Å²) in [6, 6.07) is 6.77. The summed E-state index contributed by atoms with van der Waals surface area (Å²) in [5.41, 5.74) is 2.31. The first-order valence-electron chi connectivity index (χ1n) is 9.15. The van der Waals surface area contributed by atoms with E-state index in [4.69, 9.17) is 4.42 Å². The van der Waals surface area contributed by atoms with Crippen molar-refractivity contribution < 1.29 is 9.52 Å². The first-order chi connectivity index (χ1) is 11.2. The lowest BCUT2D eigenvalue weighted by Crippen LogP contribution is -2.58. The zero-order valence-corrected chi connectivity index (χ0v) is 14.0. The molecule has 2 aromatic rings. The Morgan fingerprint density at radius 2 is 2.17 bits per heavy atom. The number of piperidine rings is 2. The van der Waals surface area contributed by atoms with Crippen LogP contribution in [0.3, 0.4) is 0 Å². The molecule has 1 saturated carbocycles. The lowest BCUT2D eigenvalue weighted by atomic mass is 9.65. The van der Waals surface area contributed by atoms with Crippen molar-refractivity contribution in [1.29, 1.82) is 0 Å². The summed E-state index contributed by atoms with van der Waals surface area (Å²) in [5, 5.41) is 11.0. The van der Waals surface area contributed by atoms with Crippen LogP contribution in [0.1, 0.15) is 50.4 Å². The Morgan fingerprint density at radius 3 is 3.00 bits per heavy atom. The highest BCUT2D eigenvalue weighted by Crippen LogP contribution is 2.53. The van der Waals surface area contributed by atoms with Gasteiger partial charge in [-0.15, -0.1) is 0 Å². The number of phenolic OH excluding ortho intramolecular Hbond substituents is 1. The summed E-state index contributed by atoms with van der Waals surface area (Å²) in [7, 11) is 0. The molecule has 2 unspecified atom stereocenters. The average Bonchev–Trinajstić information content (AvgIpc) is 2.88. The fourth-order valence-corrected chi connectivity index (χ4v) is 5.78. The summed E-state index contributed by atoms with van der Waals surface area (Å²) in [6.45, 7) is 5.99. The average molecular weight is 311 g/mol. The van der Waals surface area contributed by atoms with Gasteiger partial charge in [-0.25, -0.2) is 0 Å². The van der Waals surface area contributed by atoms with Gasteiger partial charge in [-0.3, -0.25) is 4.90 Å². The molecule has 1 aromatic heterocycles. The third kappa shape index (κ3) is 1.86. The zero-order valence-electron chi connectivity index (χ0n) is 14.0. The Balaban J connectivity index is 1.72. The Hall–Kier alpha value is -1.48. The highest BCUT2D eigenvalue weighted by Gasteiger charge is 2.51. The van der Waals surface area contributed by atoms with Gasteiger partial charge in [0.05, 0.1) is 0 Å². The van der Waals surface area contributed by atoms with Gasteiger partial charge in [0.1, 0.15) is 17.1 Å². The van der Waals surface area contributed by atoms with Gasteiger partial charge in [0.2, 0.25) is 0 Å². The number of hydrogen-bond donors (Lipinski definition) is 1. The van der Waals surface area contributed by atoms with Crippen molar-refractivity contribution >= 4 is 11.0 Å². The predicted octanol–water partition coefficient (Wildman–Crippen LogP) is 4.29. The summed E-state index contributed by atoms with van der Waals surface area (Å²) < 4.78 is 6.37. The Morgan fingerprint density at radius 1 is 1.30 bits per heavy atom. The summed E-state index contributed by atoms with van der Waals surface area (Å²) in [6.07, 6.45) is 5.00. The maximum atomic E-state index is 9.91. The van der Waals surface area contributed by atoms with Gasteiger partial charge >= 0.3 is 0 Å². The van der Waals surface area contributed by atoms with E-state index in [-0.39, 0.29) is 0 Å². The maximum absolute atomic E-state index is 9.91. The highest BCUT2D eigenvalue weighted by atomic mass is 16.3. The number of rotatable bonds is 1. The van der Waals surface area contributed by atoms with E-state index in [2.05, 4.69) is 18.7 Å². The van der Waals surface area contributed by atoms with Crippen LogP contribution >= 0.6 is 0 Å². The Bertz CT molecular complexity index is 764. The van der Waals surface area contributed by atoms with Crippen LogP contribution in [-0.2, 0) is 6.42 Å². The molecular formula is C20H25NO2. The molecule has 1 N–H and O–H groups in total. The predicted molar refractivity (Wildman–Crippen MR) is 90.8 cm³/mol. The van der Waals surface area contributed by atoms with Crippen molar-refractivity contribution in [2.45, 2.75) is 57.5 Å². The molecule has 3 fully saturated rings. The zero-order chi connectivity index (χ0) is 15.7. The van der Waals surface area contributed by atoms with Crippen LogP contribution in [0.15, 0.2) is 22.6 Å². The SMILES string of the molecule is CC[C@@H]1C[C@H]2C[C@H]3c4oc5ccc(O)cc5c4C[C@@H](C)N(C2)C13. The van der Waals surface area contributed by atoms with E-state index < -0.39 is 0 Å². The van der Waals surface area contributed by atoms with Gasteiger partial charge < -0.3 is 9.52 Å². The molecule has 6 rings (SSSR count). The van der Waals surface area contributed by atoms with Gasteiger partial charge in [-0.1, -0.05) is 13.3 Å². The van der Waals surface area contributed by atoms with Crippen LogP contribution in [0, 0.1) is 11.8 Å². The molecule has 6 atom stereocenters. The monoisotopic (exact) mass is 311 g/mol. The van der Waals surface area contributed by atoms with E-state index in [1.807, 2.05) is 12.1 Å². The van der Waals surface area contributed by atoms with Crippen LogP contribution < -0.4 is 0 Å². The Kier molecular flexibility index (Phi) is 2.88. The topological polar surface area (TPSA) is 36.6 Å². The summed E-state index contributed by atoms with van der Waals surface area (Å²) >= 11 is 0. The normalized spacial score (nSPS) is 38.5. The fraction of sp³-hybridized carbons (Fsp3) is 0.600. The van der Waals surface area contributed by atoms with Crippen molar-refractivity contribution in [3.05, 3.63) is 29.5 Å². The molecule has 1 aromatic carbocycles. The Labute approximate surface area is 137 Å². The van der Waals surface area contributed by atoms with E-state index in [1.54, 1.807) is 6.07 Å². The first-order valence-corrected chi connectivity index (χ1v) is 9.15. The van der Waals surface area contributed by atoms with Crippen molar-refractivity contribution in [1.82, 2.24) is 4.90 Å². The van der Waals surface area contributed by atoms with Crippen LogP contribution in [0.25, 0.3) is 11.0 Å². The van der Waals surface area contributed by atoms with E-state index >= 15 is 0 Å². The van der Waals surface area contributed by atoms with Gasteiger partial charge in [0, 0.05) is 35.5 Å². The molecule has 0 amide bonds. The summed E-state index contributed by atoms with van der Waals surface area (Å²) in [4.78, 5) is 2.78. The van der Waals surface area contributed by atoms with E-state index in [0.29, 0.717) is 23.8 Å². The second-order valence-electron chi connectivity index (χ2n) is 7.98. The van der Waals surface area contributed by atoms with E-state index in [0.717, 1.165) is 29.2 Å². The third-order valence-electron chi connectivity index (χ3n) is 6.70. The number of hydrogen-bond acceptors (Lipinski definition) is 3. The molecule has 2 saturated heterocycles. The van der Waals surface area contributed by atoms with Crippen LogP contribution in [0.4, 0.5) is 0 Å². The molecule has 23 heavy (non-hydrogen) atoms. The lowest BCUT2D eigenvalue weighted by Gasteiger charge is -2.54. The van der Waals surface area contributed by atoms with Gasteiger partial charge in [0.25, 0.3) is 0 Å². The number of nitrogens with zero attached hydrogens (tertiary/aromatic N) is 1. The van der Waals surface area contributed by atoms with Crippen molar-refractivity contribution in [3.8, 4) is 5.75 Å². The molecule has 0 radical (unpaired) electrons. The first kappa shape index (κ1) is 13.9. The second kappa shape index (κ2) is 4.76. The molecule has 4 heterocycles. The highest BCUT2D eigenvalue weighted by molar-refractivity contribution is 5.84. The minimum absolute atomic E-state index is 0.342. The van der Waals surface area contributed by atoms with E-state index in [1.165, 1.54) is 37.1 Å². The molecular weight excluding hydrogens is 286 g/mol. The van der Waals surface area contributed by atoms with Gasteiger partial charge in [-0.2, -0.15) is 0 Å². The quantitative estimate of drug-likeness (QED) is 0.853. The lowest BCUT2D eigenvalue weighted by molar-refractivity contribution is -0.0384. The molecule has 3 heteroatoms.